The molecule has 1 aromatic heterocycles. The van der Waals surface area contributed by atoms with Gasteiger partial charge in [0.05, 0.1) is 26.7 Å². The topological polar surface area (TPSA) is 178 Å². The maximum absolute atomic E-state index is 13.5. The number of nitrogens with one attached hydrogen (secondary N) is 1. The van der Waals surface area contributed by atoms with Gasteiger partial charge in [0.2, 0.25) is 15.9 Å². The van der Waals surface area contributed by atoms with Crippen LogP contribution in [0.4, 0.5) is 14.5 Å². The number of ether oxygens (including phenoxy) is 1. The van der Waals surface area contributed by atoms with Gasteiger partial charge in [-0.25, -0.2) is 22.0 Å². The van der Waals surface area contributed by atoms with Gasteiger partial charge in [0.15, 0.2) is 11.4 Å². The third kappa shape index (κ3) is 5.48. The lowest BCUT2D eigenvalue weighted by Crippen LogP contribution is -2.49. The van der Waals surface area contributed by atoms with Crippen molar-refractivity contribution in [3.63, 3.8) is 0 Å². The van der Waals surface area contributed by atoms with Gasteiger partial charge < -0.3 is 15.6 Å². The minimum atomic E-state index is -3.96. The molecule has 3 aromatic rings. The zero-order chi connectivity index (χ0) is 29.8. The quantitative estimate of drug-likeness (QED) is 0.322. The van der Waals surface area contributed by atoms with E-state index in [1.165, 1.54) is 18.2 Å². The Morgan fingerprint density at radius 2 is 1.80 bits per heavy atom. The molecular formula is C24H21Cl2F2N5O7S. The molecule has 0 unspecified atom stereocenters. The number of rotatable bonds is 9. The number of sulfonamides is 1. The van der Waals surface area contributed by atoms with Gasteiger partial charge in [-0.2, -0.15) is 9.78 Å². The van der Waals surface area contributed by atoms with Crippen LogP contribution in [0, 0.1) is 5.92 Å². The van der Waals surface area contributed by atoms with Gasteiger partial charge in [0.1, 0.15) is 11.5 Å². The van der Waals surface area contributed by atoms with Crippen LogP contribution in [0.3, 0.4) is 0 Å². The van der Waals surface area contributed by atoms with Crippen molar-refractivity contribution in [3.05, 3.63) is 66.9 Å². The third-order valence-electron chi connectivity index (χ3n) is 6.76. The van der Waals surface area contributed by atoms with Crippen LogP contribution in [0.1, 0.15) is 37.8 Å². The van der Waals surface area contributed by atoms with E-state index in [2.05, 4.69) is 5.10 Å². The summed E-state index contributed by atoms with van der Waals surface area (Å²) in [7, 11) is -3.96. The number of carbonyl (C=O) groups excluding carboxylic acids is 1. The number of phenols is 1. The van der Waals surface area contributed by atoms with E-state index in [4.69, 9.17) is 33.7 Å². The molecule has 41 heavy (non-hydrogen) atoms. The highest BCUT2D eigenvalue weighted by Gasteiger charge is 2.48. The van der Waals surface area contributed by atoms with Gasteiger partial charge in [0, 0.05) is 18.0 Å². The highest BCUT2D eigenvalue weighted by atomic mass is 35.5. The third-order valence-corrected chi connectivity index (χ3v) is 9.59. The molecule has 0 atom stereocenters. The first-order chi connectivity index (χ1) is 19.3. The van der Waals surface area contributed by atoms with Crippen LogP contribution in [-0.4, -0.2) is 45.5 Å². The van der Waals surface area contributed by atoms with Gasteiger partial charge in [0.25, 0.3) is 12.0 Å². The number of hydrogen-bond acceptors (Lipinski definition) is 8. The van der Waals surface area contributed by atoms with Crippen LogP contribution in [0.15, 0.2) is 39.9 Å². The van der Waals surface area contributed by atoms with Crippen LogP contribution in [-0.2, 0) is 14.8 Å². The Morgan fingerprint density at radius 1 is 1.17 bits per heavy atom. The summed E-state index contributed by atoms with van der Waals surface area (Å²) < 4.78 is 60.6. The zero-order valence-electron chi connectivity index (χ0n) is 20.8. The van der Waals surface area contributed by atoms with E-state index in [0.717, 1.165) is 16.4 Å². The number of aromatic nitrogens is 3. The normalized spacial score (nSPS) is 18.7. The van der Waals surface area contributed by atoms with Crippen molar-refractivity contribution in [2.75, 3.05) is 4.31 Å². The standard InChI is InChI=1S/C24H21Cl2F2N5O7S/c25-15-7-12(32-24(37)30-23(36)19(31-32)21(27)28)8-16(26)20(15)40-13-3-4-18(34)17(9-13)33(11-1-2-11)41(38,39)14-5-10(6-14)22(29)35/h3-4,7-11,14,21,34H,1-2,5-6H2,(H2,29,35)(H,30,36,37). The highest BCUT2D eigenvalue weighted by molar-refractivity contribution is 7.93. The largest absolute Gasteiger partial charge is 0.506 e. The number of carbonyl (C=O) groups is 1. The molecule has 0 aliphatic heterocycles. The predicted molar refractivity (Wildman–Crippen MR) is 144 cm³/mol. The van der Waals surface area contributed by atoms with E-state index in [1.807, 2.05) is 0 Å². The number of hydrogen-bond donors (Lipinski definition) is 3. The zero-order valence-corrected chi connectivity index (χ0v) is 23.1. The van der Waals surface area contributed by atoms with E-state index in [9.17, 15) is 36.7 Å². The summed E-state index contributed by atoms with van der Waals surface area (Å²) in [6.07, 6.45) is -1.94. The summed E-state index contributed by atoms with van der Waals surface area (Å²) >= 11 is 12.7. The molecule has 0 bridgehead atoms. The number of H-pyrrole nitrogens is 1. The minimum absolute atomic E-state index is 0.0399. The smallest absolute Gasteiger partial charge is 0.349 e. The van der Waals surface area contributed by atoms with Crippen LogP contribution < -0.4 is 26.0 Å². The fraction of sp³-hybridized carbons (Fsp3) is 0.333. The molecule has 12 nitrogen and oxygen atoms in total. The first kappa shape index (κ1) is 28.8. The lowest BCUT2D eigenvalue weighted by Gasteiger charge is -2.37. The van der Waals surface area contributed by atoms with Crippen molar-refractivity contribution in [2.45, 2.75) is 43.4 Å². The highest BCUT2D eigenvalue weighted by Crippen LogP contribution is 2.46. The van der Waals surface area contributed by atoms with Crippen molar-refractivity contribution in [1.82, 2.24) is 14.8 Å². The number of aromatic hydroxyl groups is 1. The Hall–Kier alpha value is -3.69. The molecule has 4 N–H and O–H groups in total. The summed E-state index contributed by atoms with van der Waals surface area (Å²) in [5.41, 5.74) is 1.46. The maximum atomic E-state index is 13.5. The number of nitrogens with zero attached hydrogens (tertiary/aromatic N) is 3. The number of anilines is 1. The van der Waals surface area contributed by atoms with Crippen molar-refractivity contribution >= 4 is 44.8 Å². The summed E-state index contributed by atoms with van der Waals surface area (Å²) in [6, 6.07) is 5.75. The van der Waals surface area contributed by atoms with E-state index >= 15 is 0 Å². The molecule has 2 aliphatic rings. The lowest BCUT2D eigenvalue weighted by molar-refractivity contribution is -0.123. The second-order valence-electron chi connectivity index (χ2n) is 9.61. The molecule has 17 heteroatoms. The van der Waals surface area contributed by atoms with Crippen molar-refractivity contribution in [3.8, 4) is 22.9 Å². The molecule has 2 fully saturated rings. The monoisotopic (exact) mass is 631 g/mol. The minimum Gasteiger partial charge on any atom is -0.506 e. The van der Waals surface area contributed by atoms with E-state index in [1.54, 1.807) is 4.98 Å². The fourth-order valence-corrected chi connectivity index (χ4v) is 7.28. The Kier molecular flexibility index (Phi) is 7.46. The summed E-state index contributed by atoms with van der Waals surface area (Å²) in [5.74, 6) is -1.52. The van der Waals surface area contributed by atoms with Crippen LogP contribution in [0.25, 0.3) is 5.69 Å². The van der Waals surface area contributed by atoms with Crippen LogP contribution >= 0.6 is 23.2 Å². The molecule has 2 aliphatic carbocycles. The van der Waals surface area contributed by atoms with Crippen LogP contribution in [0.5, 0.6) is 17.2 Å². The van der Waals surface area contributed by atoms with Gasteiger partial charge in [-0.15, -0.1) is 0 Å². The lowest BCUT2D eigenvalue weighted by atomic mass is 9.84. The molecule has 1 heterocycles. The van der Waals surface area contributed by atoms with Crippen molar-refractivity contribution in [2.24, 2.45) is 11.7 Å². The maximum Gasteiger partial charge on any atom is 0.349 e. The molecule has 218 valence electrons. The fourth-order valence-electron chi connectivity index (χ4n) is 4.41. The number of nitrogens with two attached hydrogens (primary N) is 1. The Morgan fingerprint density at radius 3 is 2.37 bits per heavy atom. The SMILES string of the molecule is NC(=O)C1CC(S(=O)(=O)N(c2cc(Oc3c(Cl)cc(-n4nc(C(F)F)c(=O)[nH]c4=O)cc3Cl)ccc2O)C2CC2)C1. The molecule has 0 spiro atoms. The van der Waals surface area contributed by atoms with E-state index in [0.29, 0.717) is 17.5 Å². The number of benzene rings is 2. The molecule has 1 amide bonds. The van der Waals surface area contributed by atoms with Gasteiger partial charge in [-0.3, -0.25) is 18.9 Å². The van der Waals surface area contributed by atoms with E-state index < -0.39 is 50.5 Å². The second kappa shape index (κ2) is 10.6. The molecule has 0 radical (unpaired) electrons. The molecular weight excluding hydrogens is 611 g/mol. The summed E-state index contributed by atoms with van der Waals surface area (Å²) in [6.45, 7) is 0. The van der Waals surface area contributed by atoms with Gasteiger partial charge in [-0.05, 0) is 49.9 Å². The number of amides is 1. The average Bonchev–Trinajstić information content (AvgIpc) is 3.66. The van der Waals surface area contributed by atoms with Gasteiger partial charge >= 0.3 is 5.69 Å². The number of halogens is 4. The second-order valence-corrected chi connectivity index (χ2v) is 12.5. The average molecular weight is 632 g/mol. The van der Waals surface area contributed by atoms with Gasteiger partial charge in [-0.1, -0.05) is 23.2 Å². The first-order valence-electron chi connectivity index (χ1n) is 12.1. The number of phenolic OH excluding ortho intramolecular Hbond substituents is 1. The van der Waals surface area contributed by atoms with E-state index in [-0.39, 0.29) is 57.6 Å². The van der Waals surface area contributed by atoms with Crippen molar-refractivity contribution in [1.29, 1.82) is 0 Å². The molecule has 2 saturated carbocycles. The number of primary amides is 1. The summed E-state index contributed by atoms with van der Waals surface area (Å²) in [4.78, 5) is 37.0. The Bertz CT molecular complexity index is 1750. The van der Waals surface area contributed by atoms with Crippen molar-refractivity contribution < 1.29 is 31.8 Å². The Balaban J connectivity index is 1.46. The molecule has 2 aromatic carbocycles. The number of alkyl halides is 2. The number of aromatic amines is 1. The van der Waals surface area contributed by atoms with Crippen LogP contribution in [0.2, 0.25) is 10.0 Å². The summed E-state index contributed by atoms with van der Waals surface area (Å²) in [5, 5.41) is 12.8. The first-order valence-corrected chi connectivity index (χ1v) is 14.4. The predicted octanol–water partition coefficient (Wildman–Crippen LogP) is 3.23. The Labute approximate surface area is 240 Å². The molecule has 0 saturated heterocycles. The molecule has 5 rings (SSSR count).